The monoisotopic (exact) mass is 435 g/mol. The van der Waals surface area contributed by atoms with Crippen LogP contribution in [0.2, 0.25) is 0 Å². The fourth-order valence-electron chi connectivity index (χ4n) is 4.03. The van der Waals surface area contributed by atoms with Crippen molar-refractivity contribution in [2.75, 3.05) is 0 Å². The predicted octanol–water partition coefficient (Wildman–Crippen LogP) is 7.28. The molecular weight excluding hydrogens is 398 g/mol. The Morgan fingerprint density at radius 1 is 0.812 bits per heavy atom. The Bertz CT molecular complexity index is 923. The minimum atomic E-state index is -0.798. The maximum absolute atomic E-state index is 13.1. The van der Waals surface area contributed by atoms with Gasteiger partial charge in [0.1, 0.15) is 11.3 Å². The van der Waals surface area contributed by atoms with E-state index in [0.717, 1.165) is 23.9 Å². The number of Topliss-reactive ketones (excluding diaryl/α,β-unsaturated/α-hetero) is 1. The lowest BCUT2D eigenvalue weighted by molar-refractivity contribution is -0.130. The number of ketones is 1. The van der Waals surface area contributed by atoms with Gasteiger partial charge in [-0.3, -0.25) is 4.79 Å². The fraction of sp³-hybridized carbons (Fsp3) is 0.519. The quantitative estimate of drug-likeness (QED) is 0.222. The molecule has 0 fully saturated rings. The molecule has 2 aromatic carbocycles. The summed E-state index contributed by atoms with van der Waals surface area (Å²) in [6.07, 6.45) is 13.6. The van der Waals surface area contributed by atoms with E-state index in [1.807, 2.05) is 54.6 Å². The molecular formula is C27H37N3O2. The molecule has 3 rings (SSSR count). The summed E-state index contributed by atoms with van der Waals surface area (Å²) in [6.45, 7) is 2.26. The molecule has 1 atom stereocenters. The highest BCUT2D eigenvalue weighted by Crippen LogP contribution is 2.23. The molecule has 1 heterocycles. The van der Waals surface area contributed by atoms with Crippen LogP contribution in [-0.4, -0.2) is 20.8 Å². The first-order valence-corrected chi connectivity index (χ1v) is 12.3. The number of carbonyl (C=O) groups excluding carboxylic acids is 1. The molecule has 0 spiro atoms. The van der Waals surface area contributed by atoms with Gasteiger partial charge in [-0.25, -0.2) is 0 Å². The highest BCUT2D eigenvalue weighted by molar-refractivity contribution is 5.84. The van der Waals surface area contributed by atoms with Crippen LogP contribution in [0.5, 0.6) is 5.75 Å². The van der Waals surface area contributed by atoms with Crippen molar-refractivity contribution in [3.05, 3.63) is 54.6 Å². The zero-order chi connectivity index (χ0) is 22.4. The molecule has 0 amide bonds. The van der Waals surface area contributed by atoms with Gasteiger partial charge in [0.15, 0.2) is 5.78 Å². The number of fused-ring (bicyclic) bond motifs is 1. The number of unbranched alkanes of at least 4 members (excludes halogenated alkanes) is 10. The van der Waals surface area contributed by atoms with E-state index in [2.05, 4.69) is 17.2 Å². The van der Waals surface area contributed by atoms with Crippen molar-refractivity contribution in [3.63, 3.8) is 0 Å². The highest BCUT2D eigenvalue weighted by Gasteiger charge is 2.25. The summed E-state index contributed by atoms with van der Waals surface area (Å²) in [5.74, 6) is 0.699. The fourth-order valence-corrected chi connectivity index (χ4v) is 4.03. The molecule has 0 N–H and O–H groups in total. The Morgan fingerprint density at radius 2 is 1.41 bits per heavy atom. The second-order valence-corrected chi connectivity index (χ2v) is 8.56. The summed E-state index contributed by atoms with van der Waals surface area (Å²) in [5.41, 5.74) is 1.57. The number of nitrogens with zero attached hydrogens (tertiary/aromatic N) is 3. The van der Waals surface area contributed by atoms with Crippen LogP contribution < -0.4 is 4.74 Å². The molecule has 3 aromatic rings. The molecule has 1 unspecified atom stereocenters. The minimum Gasteiger partial charge on any atom is -0.461 e. The van der Waals surface area contributed by atoms with Crippen LogP contribution in [0.25, 0.3) is 11.0 Å². The average molecular weight is 436 g/mol. The Labute approximate surface area is 192 Å². The number of hydrogen-bond donors (Lipinski definition) is 0. The number of aromatic nitrogens is 3. The summed E-state index contributed by atoms with van der Waals surface area (Å²) in [7, 11) is 0. The van der Waals surface area contributed by atoms with Crippen molar-refractivity contribution in [2.45, 2.75) is 90.2 Å². The standard InChI is InChI=1S/C27H37N3O2/c1-2-3-4-5-6-7-8-9-10-11-15-22-26(31)27(32-23-18-13-12-14-19-23)30-25-21-17-16-20-24(25)28-29-30/h12-14,16-21,27H,2-11,15,22H2,1H3. The second kappa shape index (κ2) is 13.7. The van der Waals surface area contributed by atoms with Gasteiger partial charge >= 0.3 is 0 Å². The molecule has 32 heavy (non-hydrogen) atoms. The maximum atomic E-state index is 13.1. The van der Waals surface area contributed by atoms with Crippen LogP contribution in [0.3, 0.4) is 0 Å². The molecule has 0 radical (unpaired) electrons. The molecule has 0 saturated carbocycles. The molecule has 5 heteroatoms. The second-order valence-electron chi connectivity index (χ2n) is 8.56. The molecule has 0 bridgehead atoms. The largest absolute Gasteiger partial charge is 0.461 e. The molecule has 0 saturated heterocycles. The van der Waals surface area contributed by atoms with E-state index in [4.69, 9.17) is 4.74 Å². The van der Waals surface area contributed by atoms with Gasteiger partial charge in [-0.2, -0.15) is 4.68 Å². The van der Waals surface area contributed by atoms with Crippen LogP contribution >= 0.6 is 0 Å². The van der Waals surface area contributed by atoms with Gasteiger partial charge in [0.05, 0.1) is 5.52 Å². The van der Waals surface area contributed by atoms with E-state index >= 15 is 0 Å². The highest BCUT2D eigenvalue weighted by atomic mass is 16.5. The van der Waals surface area contributed by atoms with Gasteiger partial charge in [-0.05, 0) is 30.7 Å². The third-order valence-corrected chi connectivity index (χ3v) is 5.89. The normalized spacial score (nSPS) is 12.2. The molecule has 5 nitrogen and oxygen atoms in total. The van der Waals surface area contributed by atoms with Crippen molar-refractivity contribution in [3.8, 4) is 5.75 Å². The third kappa shape index (κ3) is 7.47. The molecule has 0 aliphatic carbocycles. The lowest BCUT2D eigenvalue weighted by atomic mass is 10.0. The van der Waals surface area contributed by atoms with Crippen LogP contribution in [0.15, 0.2) is 54.6 Å². The van der Waals surface area contributed by atoms with E-state index in [-0.39, 0.29) is 5.78 Å². The lowest BCUT2D eigenvalue weighted by Gasteiger charge is -2.18. The molecule has 0 aliphatic rings. The number of ether oxygens (including phenoxy) is 1. The Balaban J connectivity index is 1.47. The number of benzene rings is 2. The Hall–Kier alpha value is -2.69. The average Bonchev–Trinajstić information content (AvgIpc) is 3.25. The molecule has 172 valence electrons. The zero-order valence-electron chi connectivity index (χ0n) is 19.4. The number of hydrogen-bond acceptors (Lipinski definition) is 4. The summed E-state index contributed by atoms with van der Waals surface area (Å²) >= 11 is 0. The lowest BCUT2D eigenvalue weighted by Crippen LogP contribution is -2.26. The maximum Gasteiger partial charge on any atom is 0.252 e. The SMILES string of the molecule is CCCCCCCCCCCCCC(=O)C(Oc1ccccc1)n1nnc2ccccc21. The van der Waals surface area contributed by atoms with Gasteiger partial charge in [0.25, 0.3) is 6.23 Å². The van der Waals surface area contributed by atoms with Crippen LogP contribution in [0.1, 0.15) is 90.2 Å². The first-order valence-electron chi connectivity index (χ1n) is 12.3. The minimum absolute atomic E-state index is 0.0421. The first kappa shape index (κ1) is 24.0. The van der Waals surface area contributed by atoms with Crippen LogP contribution in [0.4, 0.5) is 0 Å². The van der Waals surface area contributed by atoms with Crippen molar-refractivity contribution in [1.29, 1.82) is 0 Å². The van der Waals surface area contributed by atoms with E-state index in [1.54, 1.807) is 4.68 Å². The Kier molecular flexibility index (Phi) is 10.2. The van der Waals surface area contributed by atoms with Gasteiger partial charge in [-0.15, -0.1) is 5.10 Å². The van der Waals surface area contributed by atoms with Crippen molar-refractivity contribution in [2.24, 2.45) is 0 Å². The topological polar surface area (TPSA) is 57.0 Å². The number of carbonyl (C=O) groups is 1. The Morgan fingerprint density at radius 3 is 2.09 bits per heavy atom. The van der Waals surface area contributed by atoms with Crippen molar-refractivity contribution < 1.29 is 9.53 Å². The van der Waals surface area contributed by atoms with Crippen molar-refractivity contribution in [1.82, 2.24) is 15.0 Å². The number of para-hydroxylation sites is 2. The van der Waals surface area contributed by atoms with Gasteiger partial charge in [0.2, 0.25) is 0 Å². The van der Waals surface area contributed by atoms with Gasteiger partial charge in [0, 0.05) is 6.42 Å². The predicted molar refractivity (Wildman–Crippen MR) is 130 cm³/mol. The summed E-state index contributed by atoms with van der Waals surface area (Å²) in [4.78, 5) is 13.1. The smallest absolute Gasteiger partial charge is 0.252 e. The first-order chi connectivity index (χ1) is 15.8. The summed E-state index contributed by atoms with van der Waals surface area (Å²) in [5, 5.41) is 8.44. The van der Waals surface area contributed by atoms with E-state index in [1.165, 1.54) is 57.8 Å². The van der Waals surface area contributed by atoms with Gasteiger partial charge < -0.3 is 4.74 Å². The number of rotatable bonds is 16. The van der Waals surface area contributed by atoms with E-state index < -0.39 is 6.23 Å². The van der Waals surface area contributed by atoms with Crippen LogP contribution in [-0.2, 0) is 4.79 Å². The third-order valence-electron chi connectivity index (χ3n) is 5.89. The zero-order valence-corrected chi connectivity index (χ0v) is 19.4. The summed E-state index contributed by atoms with van der Waals surface area (Å²) < 4.78 is 7.70. The molecule has 0 aliphatic heterocycles. The summed E-state index contributed by atoms with van der Waals surface area (Å²) in [6, 6.07) is 17.1. The molecule has 1 aromatic heterocycles. The van der Waals surface area contributed by atoms with E-state index in [0.29, 0.717) is 12.2 Å². The van der Waals surface area contributed by atoms with Gasteiger partial charge in [-0.1, -0.05) is 107 Å². The van der Waals surface area contributed by atoms with Crippen LogP contribution in [0, 0.1) is 0 Å². The van der Waals surface area contributed by atoms with Crippen molar-refractivity contribution >= 4 is 16.8 Å². The van der Waals surface area contributed by atoms with E-state index in [9.17, 15) is 4.79 Å².